The molecule has 0 aromatic rings. The minimum Gasteiger partial charge on any atom is -0.481 e. The molecule has 29 nitrogen and oxygen atoms in total. The van der Waals surface area contributed by atoms with Gasteiger partial charge in [0.1, 0.15) is 0 Å². The molecule has 0 aliphatic rings. The van der Waals surface area contributed by atoms with Gasteiger partial charge in [-0.15, -0.1) is 0 Å². The van der Waals surface area contributed by atoms with Crippen molar-refractivity contribution in [2.45, 2.75) is 54.4 Å². The lowest BCUT2D eigenvalue weighted by atomic mass is 10.3. The normalized spacial score (nSPS) is 15.6. The van der Waals surface area contributed by atoms with Gasteiger partial charge < -0.3 is 83.4 Å². The van der Waals surface area contributed by atoms with Gasteiger partial charge in [-0.1, -0.05) is 13.8 Å². The SMILES string of the molecule is CCCN(C(P(=O)(O)O)P(=O)(O)O)C(N(CCC(=O)O)C(N(CCC)C(P(=O)(O)O)P(=O)(O)O)(P(=O)(O)O)P(=O)(O)O)(P(=O)(O)O)P(=O)(O)O. The zero-order valence-electron chi connectivity index (χ0n) is 25.1. The molecule has 0 aliphatic carbocycles. The van der Waals surface area contributed by atoms with E-state index in [0.29, 0.717) is 0 Å². The summed E-state index contributed by atoms with van der Waals surface area (Å²) < 4.78 is 104. The van der Waals surface area contributed by atoms with E-state index in [0.717, 1.165) is 13.8 Å². The third kappa shape index (κ3) is 10.2. The monoisotopic (exact) mass is 899 g/mol. The molecule has 0 heterocycles. The maximum absolute atomic E-state index is 13.5. The van der Waals surface area contributed by atoms with Gasteiger partial charge >= 0.3 is 66.7 Å². The molecule has 0 fully saturated rings. The van der Waals surface area contributed by atoms with Crippen molar-refractivity contribution in [1.82, 2.24) is 14.7 Å². The summed E-state index contributed by atoms with van der Waals surface area (Å²) in [6, 6.07) is 0. The summed E-state index contributed by atoms with van der Waals surface area (Å²) in [4.78, 5) is 173. The minimum absolute atomic E-state index is 0.801. The first-order chi connectivity index (χ1) is 21.7. The average molecular weight is 899 g/mol. The van der Waals surface area contributed by atoms with Gasteiger partial charge in [0.05, 0.1) is 6.42 Å². The third-order valence-corrected chi connectivity index (χ3v) is 21.7. The fourth-order valence-corrected chi connectivity index (χ4v) is 19.0. The van der Waals surface area contributed by atoms with E-state index in [1.54, 1.807) is 0 Å². The van der Waals surface area contributed by atoms with Crippen molar-refractivity contribution in [2.75, 3.05) is 19.6 Å². The van der Waals surface area contributed by atoms with Gasteiger partial charge in [0.15, 0.2) is 0 Å². The first-order valence-corrected chi connectivity index (χ1v) is 25.8. The summed E-state index contributed by atoms with van der Waals surface area (Å²) in [5.74, 6) is -2.36. The highest BCUT2D eigenvalue weighted by atomic mass is 31.3. The number of hydrogen-bond acceptors (Lipinski definition) is 12. The second-order valence-corrected chi connectivity index (χ2v) is 25.1. The highest BCUT2D eigenvalue weighted by molar-refractivity contribution is 7.75. The Hall–Kier alpha value is 0.550. The van der Waals surface area contributed by atoms with Gasteiger partial charge in [-0.3, -0.25) is 41.3 Å². The second-order valence-electron chi connectivity index (χ2n) is 10.1. The summed E-state index contributed by atoms with van der Waals surface area (Å²) in [6.45, 7) is -4.67. The molecule has 0 bridgehead atoms. The Bertz CT molecular complexity index is 1420. The molecule has 300 valence electrons. The summed E-state index contributed by atoms with van der Waals surface area (Å²) >= 11 is 0. The van der Waals surface area contributed by atoms with Crippen LogP contribution in [0.25, 0.3) is 0 Å². The van der Waals surface area contributed by atoms with Gasteiger partial charge in [-0.05, 0) is 12.8 Å². The van der Waals surface area contributed by atoms with Gasteiger partial charge in [0, 0.05) is 19.6 Å². The number of carboxylic acid groups (broad SMARTS) is 1. The molecule has 0 amide bonds. The van der Waals surface area contributed by atoms with Crippen molar-refractivity contribution < 1.29 is 125 Å². The number of nitrogens with zero attached hydrogens (tertiary/aromatic N) is 3. The Morgan fingerprint density at radius 2 is 0.700 bits per heavy atom. The van der Waals surface area contributed by atoms with Crippen LogP contribution < -0.4 is 0 Å². The summed E-state index contributed by atoms with van der Waals surface area (Å²) in [6.07, 6.45) is -4.08. The van der Waals surface area contributed by atoms with E-state index in [-0.39, 0.29) is 0 Å². The first kappa shape index (κ1) is 50.5. The molecule has 0 atom stereocenters. The lowest BCUT2D eigenvalue weighted by Gasteiger charge is -2.59. The van der Waals surface area contributed by atoms with Gasteiger partial charge in [-0.2, -0.15) is 0 Å². The van der Waals surface area contributed by atoms with E-state index in [9.17, 15) is 125 Å². The number of carboxylic acids is 1. The van der Waals surface area contributed by atoms with Crippen molar-refractivity contribution >= 4 is 66.7 Å². The highest BCUT2D eigenvalue weighted by Crippen LogP contribution is 2.83. The third-order valence-electron chi connectivity index (χ3n) is 6.30. The number of aliphatic carboxylic acids is 1. The van der Waals surface area contributed by atoms with Crippen LogP contribution in [0.3, 0.4) is 0 Å². The maximum Gasteiger partial charge on any atom is 0.373 e. The number of rotatable bonds is 21. The van der Waals surface area contributed by atoms with Crippen LogP contribution in [0.1, 0.15) is 33.1 Å². The predicted octanol–water partition coefficient (Wildman–Crippen LogP) is -2.60. The largest absolute Gasteiger partial charge is 0.481 e. The molecule has 0 rings (SSSR count). The van der Waals surface area contributed by atoms with E-state index in [1.165, 1.54) is 0 Å². The molecule has 0 aliphatic heterocycles. The lowest BCUT2D eigenvalue weighted by Crippen LogP contribution is -2.73. The van der Waals surface area contributed by atoms with E-state index in [4.69, 9.17) is 0 Å². The van der Waals surface area contributed by atoms with Crippen molar-refractivity contribution in [1.29, 1.82) is 0 Å². The number of hydrogen-bond donors (Lipinski definition) is 17. The van der Waals surface area contributed by atoms with Crippen molar-refractivity contribution in [2.24, 2.45) is 0 Å². The van der Waals surface area contributed by atoms with E-state index < -0.39 is 142 Å². The van der Waals surface area contributed by atoms with Crippen LogP contribution in [-0.2, 0) is 41.3 Å². The molecule has 0 aromatic heterocycles. The van der Waals surface area contributed by atoms with Crippen LogP contribution in [0.5, 0.6) is 0 Å². The average Bonchev–Trinajstić information content (AvgIpc) is 2.75. The Morgan fingerprint density at radius 1 is 0.480 bits per heavy atom. The maximum atomic E-state index is 13.5. The Morgan fingerprint density at radius 3 is 0.840 bits per heavy atom. The van der Waals surface area contributed by atoms with Crippen LogP contribution in [-0.4, -0.2) is 145 Å². The fourth-order valence-electron chi connectivity index (χ4n) is 5.10. The molecule has 37 heteroatoms. The highest BCUT2D eigenvalue weighted by Gasteiger charge is 2.83. The zero-order chi connectivity index (χ0) is 40.7. The predicted molar refractivity (Wildman–Crippen MR) is 162 cm³/mol. The molecule has 0 saturated carbocycles. The van der Waals surface area contributed by atoms with E-state index >= 15 is 0 Å². The zero-order valence-corrected chi connectivity index (χ0v) is 32.2. The van der Waals surface area contributed by atoms with E-state index in [1.807, 2.05) is 0 Å². The second kappa shape index (κ2) is 16.3. The molecule has 0 unspecified atom stereocenters. The molecule has 0 spiro atoms. The molecular formula is C13H37N3O26P8. The van der Waals surface area contributed by atoms with Crippen LogP contribution in [0.4, 0.5) is 0 Å². The minimum atomic E-state index is -7.72. The summed E-state index contributed by atoms with van der Waals surface area (Å²) in [5.41, 5.74) is -8.54. The van der Waals surface area contributed by atoms with Crippen LogP contribution >= 0.6 is 60.8 Å². The van der Waals surface area contributed by atoms with Crippen molar-refractivity contribution in [3.63, 3.8) is 0 Å². The van der Waals surface area contributed by atoms with Gasteiger partial charge in [0.2, 0.25) is 11.0 Å². The van der Waals surface area contributed by atoms with Gasteiger partial charge in [0.25, 0.3) is 10.3 Å². The Labute approximate surface area is 280 Å². The topological polar surface area (TPSA) is 507 Å². The molecule has 17 N–H and O–H groups in total. The summed E-state index contributed by atoms with van der Waals surface area (Å²) in [7, 11) is -58.3. The molecular weight excluding hydrogens is 862 g/mol. The van der Waals surface area contributed by atoms with Crippen molar-refractivity contribution in [3.8, 4) is 0 Å². The van der Waals surface area contributed by atoms with Crippen LogP contribution in [0.15, 0.2) is 0 Å². The van der Waals surface area contributed by atoms with Crippen LogP contribution in [0, 0.1) is 0 Å². The molecule has 0 saturated heterocycles. The lowest BCUT2D eigenvalue weighted by molar-refractivity contribution is -0.139. The standard InChI is InChI=1S/C13H37N3O26P8/c1-3-6-14(10(43(19,20)21)44(22,23)24)12(47(31,32)33,48(34,35)36)16(8-5-9(17)18)13(49(37,38)39,50(40,41)42)15(7-4-2)11(45(25,26)27)46(28,29)30/h10-11H,3-8H2,1-2H3,(H,17,18)(H2,19,20,21)(H2,22,23,24)(H2,25,26,27)(H2,28,29,30)(H2,31,32,33)(H2,34,35,36)(H2,37,38,39)(H2,40,41,42). The van der Waals surface area contributed by atoms with Crippen LogP contribution in [0.2, 0.25) is 0 Å². The molecule has 0 aromatic carbocycles. The Balaban J connectivity index is 10.1. The fraction of sp³-hybridized carbons (Fsp3) is 0.923. The molecule has 0 radical (unpaired) electrons. The quantitative estimate of drug-likeness (QED) is 0.0415. The first-order valence-electron chi connectivity index (χ1n) is 12.6. The summed E-state index contributed by atoms with van der Waals surface area (Å²) in [5, 5.41) is -2.07. The van der Waals surface area contributed by atoms with Gasteiger partial charge in [-0.25, -0.2) is 14.7 Å². The molecule has 50 heavy (non-hydrogen) atoms. The number of carbonyl (C=O) groups is 1. The van der Waals surface area contributed by atoms with Crippen molar-refractivity contribution in [3.05, 3.63) is 0 Å². The smallest absolute Gasteiger partial charge is 0.373 e. The van der Waals surface area contributed by atoms with E-state index in [2.05, 4.69) is 0 Å². The Kier molecular flexibility index (Phi) is 16.5.